The molecule has 0 heterocycles. The van der Waals surface area contributed by atoms with Crippen LogP contribution in [0.4, 0.5) is 17.6 Å². The second kappa shape index (κ2) is 23.8. The van der Waals surface area contributed by atoms with Gasteiger partial charge in [-0.15, -0.1) is 24.0 Å². The number of alkyl halides is 4. The molecule has 0 aliphatic rings. The molecule has 0 fully saturated rings. The van der Waals surface area contributed by atoms with Crippen LogP contribution in [0.1, 0.15) is 47.5 Å². The zero-order valence-electron chi connectivity index (χ0n) is 18.3. The second-order valence-electron chi connectivity index (χ2n) is 5.36. The predicted molar refractivity (Wildman–Crippen MR) is 135 cm³/mol. The molecule has 0 spiro atoms. The molecule has 0 rings (SSSR count). The first-order valence-electron chi connectivity index (χ1n) is 8.35. The summed E-state index contributed by atoms with van der Waals surface area (Å²) in [5, 5.41) is 0. The number of halogens is 7. The summed E-state index contributed by atoms with van der Waals surface area (Å²) in [6.07, 6.45) is -0.967. The van der Waals surface area contributed by atoms with E-state index in [-0.39, 0.29) is 42.8 Å². The van der Waals surface area contributed by atoms with E-state index in [1.54, 1.807) is 6.92 Å². The molecule has 15 heteroatoms. The highest BCUT2D eigenvalue weighted by molar-refractivity contribution is 15.0. The van der Waals surface area contributed by atoms with E-state index in [1.807, 2.05) is 0 Å². The molecule has 0 unspecified atom stereocenters. The number of hydrogen-bond donors (Lipinski definition) is 0. The minimum Gasteiger partial charge on any atom is -0.466 e. The van der Waals surface area contributed by atoms with Crippen LogP contribution in [-0.2, 0) is 38.2 Å². The lowest BCUT2D eigenvalue weighted by Gasteiger charge is -2.07. The summed E-state index contributed by atoms with van der Waals surface area (Å²) in [6, 6.07) is 0. The normalized spacial score (nSPS) is 9.50. The number of ether oxygens (including phenoxy) is 3. The Balaban J connectivity index is -0.000000110. The fourth-order valence-electron chi connectivity index (χ4n) is 1.09. The van der Waals surface area contributed by atoms with Gasteiger partial charge in [-0.3, -0.25) is 19.2 Å². The van der Waals surface area contributed by atoms with Crippen LogP contribution in [0.5, 0.6) is 0 Å². The summed E-state index contributed by atoms with van der Waals surface area (Å²) < 4.78 is 60.1. The Hall–Kier alpha value is -0.340. The average molecular weight is 816 g/mol. The van der Waals surface area contributed by atoms with Crippen molar-refractivity contribution in [2.45, 2.75) is 59.3 Å². The highest BCUT2D eigenvalue weighted by Gasteiger charge is 2.34. The Morgan fingerprint density at radius 3 is 1.31 bits per heavy atom. The molecule has 0 aliphatic heterocycles. The lowest BCUT2D eigenvalue weighted by Crippen LogP contribution is -2.27. The summed E-state index contributed by atoms with van der Waals surface area (Å²) in [6.45, 7) is 5.96. The Kier molecular flexibility index (Phi) is 31.2. The van der Waals surface area contributed by atoms with Gasteiger partial charge in [-0.2, -0.15) is 17.6 Å². The van der Waals surface area contributed by atoms with Crippen molar-refractivity contribution in [1.82, 2.24) is 0 Å². The second-order valence-corrected chi connectivity index (χ2v) is 5.36. The SMILES string of the molecule is CCOC(=O)CC(=O)C(C)(F)F.CCOC(=O)CC(C)=O.COC(=O)C(C)(F)F.I.II. The molecule has 0 bridgehead atoms. The van der Waals surface area contributed by atoms with Crippen LogP contribution in [0, 0.1) is 0 Å². The van der Waals surface area contributed by atoms with Gasteiger partial charge in [-0.25, -0.2) is 4.79 Å². The number of ketones is 2. The van der Waals surface area contributed by atoms with E-state index in [0.717, 1.165) is 7.11 Å². The molecule has 32 heavy (non-hydrogen) atoms. The number of rotatable bonds is 8. The first-order valence-corrected chi connectivity index (χ1v) is 14.6. The van der Waals surface area contributed by atoms with Crippen molar-refractivity contribution < 1.29 is 55.7 Å². The molecule has 0 aliphatic carbocycles. The van der Waals surface area contributed by atoms with Crippen LogP contribution >= 0.6 is 61.2 Å². The monoisotopic (exact) mass is 816 g/mol. The van der Waals surface area contributed by atoms with Crippen LogP contribution < -0.4 is 0 Å². The Bertz CT molecular complexity index is 565. The van der Waals surface area contributed by atoms with Gasteiger partial charge in [0.1, 0.15) is 18.6 Å². The van der Waals surface area contributed by atoms with E-state index in [4.69, 9.17) is 0 Å². The minimum absolute atomic E-state index is 0. The van der Waals surface area contributed by atoms with Crippen LogP contribution in [0.25, 0.3) is 0 Å². The predicted octanol–water partition coefficient (Wildman–Crippen LogP) is 4.90. The third-order valence-electron chi connectivity index (χ3n) is 2.34. The zero-order chi connectivity index (χ0) is 25.8. The van der Waals surface area contributed by atoms with Gasteiger partial charge in [0, 0.05) is 51.1 Å². The van der Waals surface area contributed by atoms with Gasteiger partial charge >= 0.3 is 29.8 Å². The van der Waals surface area contributed by atoms with Gasteiger partial charge in [0.05, 0.1) is 20.3 Å². The van der Waals surface area contributed by atoms with Crippen molar-refractivity contribution in [2.75, 3.05) is 20.3 Å². The Morgan fingerprint density at radius 1 is 0.781 bits per heavy atom. The molecule has 0 N–H and O–H groups in total. The molecule has 8 nitrogen and oxygen atoms in total. The highest BCUT2D eigenvalue weighted by atomic mass is 128. The minimum atomic E-state index is -3.45. The van der Waals surface area contributed by atoms with Crippen molar-refractivity contribution in [1.29, 1.82) is 0 Å². The number of methoxy groups -OCH3 is 1. The van der Waals surface area contributed by atoms with E-state index in [0.29, 0.717) is 20.5 Å². The summed E-state index contributed by atoms with van der Waals surface area (Å²) in [5.41, 5.74) is 0. The number of carbonyl (C=O) groups is 5. The van der Waals surface area contributed by atoms with Gasteiger partial charge in [-0.1, -0.05) is 0 Å². The molecular formula is C17H27F4I3O8. The lowest BCUT2D eigenvalue weighted by molar-refractivity contribution is -0.165. The Labute approximate surface area is 224 Å². The molecule has 0 saturated heterocycles. The van der Waals surface area contributed by atoms with Crippen molar-refractivity contribution in [3.05, 3.63) is 0 Å². The number of hydrogen-bond acceptors (Lipinski definition) is 8. The van der Waals surface area contributed by atoms with Crippen LogP contribution in [0.2, 0.25) is 0 Å². The summed E-state index contributed by atoms with van der Waals surface area (Å²) in [5.74, 6) is -11.2. The van der Waals surface area contributed by atoms with Gasteiger partial charge in [0.25, 0.3) is 0 Å². The summed E-state index contributed by atoms with van der Waals surface area (Å²) >= 11 is 4.24. The fraction of sp³-hybridized carbons (Fsp3) is 0.706. The van der Waals surface area contributed by atoms with Crippen LogP contribution in [0.15, 0.2) is 0 Å². The maximum Gasteiger partial charge on any atom is 0.376 e. The van der Waals surface area contributed by atoms with Crippen LogP contribution in [-0.4, -0.2) is 61.6 Å². The van der Waals surface area contributed by atoms with Crippen molar-refractivity contribution in [3.8, 4) is 0 Å². The van der Waals surface area contributed by atoms with E-state index in [9.17, 15) is 41.5 Å². The topological polar surface area (TPSA) is 113 Å². The molecule has 192 valence electrons. The van der Waals surface area contributed by atoms with E-state index in [2.05, 4.69) is 51.4 Å². The molecule has 0 amide bonds. The van der Waals surface area contributed by atoms with Crippen molar-refractivity contribution in [2.24, 2.45) is 0 Å². The van der Waals surface area contributed by atoms with Crippen molar-refractivity contribution in [3.63, 3.8) is 0 Å². The lowest BCUT2D eigenvalue weighted by atomic mass is 10.2. The number of esters is 3. The largest absolute Gasteiger partial charge is 0.466 e. The van der Waals surface area contributed by atoms with Crippen molar-refractivity contribution >= 4 is 90.7 Å². The summed E-state index contributed by atoms with van der Waals surface area (Å²) in [4.78, 5) is 51.5. The average Bonchev–Trinajstić information content (AvgIpc) is 2.62. The quantitative estimate of drug-likeness (QED) is 0.112. The third kappa shape index (κ3) is 31.8. The van der Waals surface area contributed by atoms with E-state index in [1.165, 1.54) is 13.8 Å². The maximum atomic E-state index is 12.2. The third-order valence-corrected chi connectivity index (χ3v) is 2.34. The standard InChI is InChI=1S/C7H10F2O3.C6H10O3.C4H6F2O2.I2.HI/c1-3-12-6(11)4-5(10)7(2,8)9;1-3-9-6(8)4-5(2)7;1-4(5,6)3(7)8-2;1-2;/h3-4H2,1-2H3;3-4H2,1-2H3;1-2H3;;1H. The van der Waals surface area contributed by atoms with Gasteiger partial charge < -0.3 is 14.2 Å². The molecular weight excluding hydrogens is 789 g/mol. The molecule has 0 radical (unpaired) electrons. The first kappa shape index (κ1) is 41.9. The maximum absolute atomic E-state index is 12.2. The summed E-state index contributed by atoms with van der Waals surface area (Å²) in [7, 11) is 0.916. The molecule has 0 atom stereocenters. The van der Waals surface area contributed by atoms with E-state index >= 15 is 0 Å². The van der Waals surface area contributed by atoms with E-state index < -0.39 is 42.0 Å². The Morgan fingerprint density at radius 2 is 1.12 bits per heavy atom. The molecule has 0 aromatic carbocycles. The van der Waals surface area contributed by atoms with Gasteiger partial charge in [0.15, 0.2) is 0 Å². The highest BCUT2D eigenvalue weighted by Crippen LogP contribution is 2.15. The first-order chi connectivity index (χ1) is 14.0. The van der Waals surface area contributed by atoms with Crippen LogP contribution in [0.3, 0.4) is 0 Å². The van der Waals surface area contributed by atoms with Gasteiger partial charge in [-0.05, 0) is 20.8 Å². The number of Topliss-reactive ketones (excluding diaryl/α,β-unsaturated/α-hetero) is 2. The molecule has 0 saturated carbocycles. The van der Waals surface area contributed by atoms with Gasteiger partial charge in [0.2, 0.25) is 5.78 Å². The smallest absolute Gasteiger partial charge is 0.376 e. The zero-order valence-corrected chi connectivity index (χ0v) is 24.9. The fourth-order valence-corrected chi connectivity index (χ4v) is 1.09. The number of carbonyl (C=O) groups excluding carboxylic acids is 5. The molecule has 0 aromatic rings. The molecule has 0 aromatic heterocycles.